The van der Waals surface area contributed by atoms with E-state index in [9.17, 15) is 29.4 Å². The van der Waals surface area contributed by atoms with Crippen molar-refractivity contribution < 1.29 is 29.4 Å². The Labute approximate surface area is 203 Å². The van der Waals surface area contributed by atoms with Gasteiger partial charge in [0.25, 0.3) is 0 Å². The van der Waals surface area contributed by atoms with Gasteiger partial charge in [-0.3, -0.25) is 14.4 Å². The Morgan fingerprint density at radius 2 is 1.37 bits per heavy atom. The lowest BCUT2D eigenvalue weighted by atomic mass is 9.99. The zero-order valence-electron chi connectivity index (χ0n) is 19.7. The van der Waals surface area contributed by atoms with Crippen LogP contribution >= 0.6 is 0 Å². The predicted molar refractivity (Wildman–Crippen MR) is 129 cm³/mol. The predicted octanol–water partition coefficient (Wildman–Crippen LogP) is 0.331. The van der Waals surface area contributed by atoms with Crippen molar-refractivity contribution >= 4 is 23.7 Å². The Morgan fingerprint density at radius 1 is 0.800 bits per heavy atom. The van der Waals surface area contributed by atoms with Gasteiger partial charge in [-0.25, -0.2) is 4.79 Å². The minimum Gasteiger partial charge on any atom is -0.508 e. The van der Waals surface area contributed by atoms with Crippen LogP contribution in [0.1, 0.15) is 25.0 Å². The first-order valence-corrected chi connectivity index (χ1v) is 11.3. The molecule has 0 saturated carbocycles. The van der Waals surface area contributed by atoms with Crippen LogP contribution in [0.15, 0.2) is 54.6 Å². The van der Waals surface area contributed by atoms with Crippen LogP contribution in [-0.4, -0.2) is 58.6 Å². The maximum Gasteiger partial charge on any atom is 0.326 e. The number of carboxylic acids is 1. The highest BCUT2D eigenvalue weighted by Gasteiger charge is 2.31. The number of carbonyl (C=O) groups is 4. The van der Waals surface area contributed by atoms with Crippen molar-refractivity contribution in [3.05, 3.63) is 65.7 Å². The maximum absolute atomic E-state index is 13.1. The van der Waals surface area contributed by atoms with Gasteiger partial charge in [0.15, 0.2) is 0 Å². The van der Waals surface area contributed by atoms with Gasteiger partial charge in [-0.1, -0.05) is 56.3 Å². The van der Waals surface area contributed by atoms with Gasteiger partial charge in [0.2, 0.25) is 17.7 Å². The molecule has 188 valence electrons. The molecular formula is C25H32N4O6. The number of aromatic hydroxyl groups is 1. The van der Waals surface area contributed by atoms with E-state index in [1.54, 1.807) is 38.1 Å². The molecule has 3 amide bonds. The first-order chi connectivity index (χ1) is 16.6. The summed E-state index contributed by atoms with van der Waals surface area (Å²) in [6.45, 7) is 3.13. The molecule has 3 unspecified atom stereocenters. The van der Waals surface area contributed by atoms with Crippen molar-refractivity contribution in [3.63, 3.8) is 0 Å². The molecular weight excluding hydrogens is 452 g/mol. The van der Waals surface area contributed by atoms with Crippen molar-refractivity contribution in [1.29, 1.82) is 0 Å². The summed E-state index contributed by atoms with van der Waals surface area (Å²) in [4.78, 5) is 49.8. The van der Waals surface area contributed by atoms with Crippen LogP contribution in [0.3, 0.4) is 0 Å². The molecule has 0 spiro atoms. The molecule has 10 heteroatoms. The van der Waals surface area contributed by atoms with E-state index in [-0.39, 0.29) is 31.1 Å². The maximum atomic E-state index is 13.1. The van der Waals surface area contributed by atoms with Gasteiger partial charge in [-0.15, -0.1) is 0 Å². The Bertz CT molecular complexity index is 1010. The topological polar surface area (TPSA) is 171 Å². The van der Waals surface area contributed by atoms with Crippen molar-refractivity contribution in [2.24, 2.45) is 11.7 Å². The zero-order valence-corrected chi connectivity index (χ0v) is 19.7. The van der Waals surface area contributed by atoms with E-state index >= 15 is 0 Å². The molecule has 2 rings (SSSR count). The van der Waals surface area contributed by atoms with Crippen LogP contribution in [0.2, 0.25) is 0 Å². The van der Waals surface area contributed by atoms with E-state index in [1.807, 2.05) is 18.2 Å². The Morgan fingerprint density at radius 3 is 1.91 bits per heavy atom. The van der Waals surface area contributed by atoms with E-state index in [2.05, 4.69) is 16.0 Å². The van der Waals surface area contributed by atoms with Gasteiger partial charge < -0.3 is 31.9 Å². The van der Waals surface area contributed by atoms with Crippen LogP contribution in [-0.2, 0) is 32.0 Å². The number of amides is 3. The number of nitrogens with two attached hydrogens (primary N) is 1. The quantitative estimate of drug-likeness (QED) is 0.252. The summed E-state index contributed by atoms with van der Waals surface area (Å²) >= 11 is 0. The molecule has 35 heavy (non-hydrogen) atoms. The SMILES string of the molecule is CC(C)C(NC(=O)C(Cc1ccccc1)NC(=O)CN)C(=O)NC(Cc1ccc(O)cc1)C(=O)O. The lowest BCUT2D eigenvalue weighted by molar-refractivity contribution is -0.142. The lowest BCUT2D eigenvalue weighted by Crippen LogP contribution is -2.58. The van der Waals surface area contributed by atoms with Gasteiger partial charge in [0, 0.05) is 12.8 Å². The summed E-state index contributed by atoms with van der Waals surface area (Å²) < 4.78 is 0. The second-order valence-electron chi connectivity index (χ2n) is 8.51. The molecule has 0 radical (unpaired) electrons. The van der Waals surface area contributed by atoms with E-state index in [4.69, 9.17) is 5.73 Å². The second-order valence-corrected chi connectivity index (χ2v) is 8.51. The van der Waals surface area contributed by atoms with Crippen LogP contribution in [0.5, 0.6) is 5.75 Å². The van der Waals surface area contributed by atoms with Crippen LogP contribution in [0, 0.1) is 5.92 Å². The molecule has 2 aromatic carbocycles. The molecule has 0 aliphatic rings. The first kappa shape index (κ1) is 27.3. The van der Waals surface area contributed by atoms with Gasteiger partial charge in [-0.2, -0.15) is 0 Å². The summed E-state index contributed by atoms with van der Waals surface area (Å²) in [5.41, 5.74) is 6.79. The van der Waals surface area contributed by atoms with Gasteiger partial charge in [0.05, 0.1) is 6.54 Å². The fourth-order valence-corrected chi connectivity index (χ4v) is 3.43. The number of rotatable bonds is 12. The molecule has 0 aliphatic heterocycles. The summed E-state index contributed by atoms with van der Waals surface area (Å²) in [7, 11) is 0. The lowest BCUT2D eigenvalue weighted by Gasteiger charge is -2.26. The number of hydrogen-bond acceptors (Lipinski definition) is 6. The smallest absolute Gasteiger partial charge is 0.326 e. The molecule has 0 fully saturated rings. The van der Waals surface area contributed by atoms with Crippen molar-refractivity contribution in [3.8, 4) is 5.75 Å². The molecule has 0 aromatic heterocycles. The molecule has 0 heterocycles. The molecule has 7 N–H and O–H groups in total. The fourth-order valence-electron chi connectivity index (χ4n) is 3.43. The summed E-state index contributed by atoms with van der Waals surface area (Å²) in [6.07, 6.45) is 0.173. The van der Waals surface area contributed by atoms with Gasteiger partial charge in [0.1, 0.15) is 23.9 Å². The Balaban J connectivity index is 2.14. The second kappa shape index (κ2) is 13.1. The van der Waals surface area contributed by atoms with Gasteiger partial charge in [-0.05, 0) is 29.2 Å². The van der Waals surface area contributed by atoms with Crippen LogP contribution < -0.4 is 21.7 Å². The number of nitrogens with one attached hydrogen (secondary N) is 3. The summed E-state index contributed by atoms with van der Waals surface area (Å²) in [5.74, 6) is -3.34. The average molecular weight is 485 g/mol. The van der Waals surface area contributed by atoms with E-state index < -0.39 is 41.8 Å². The van der Waals surface area contributed by atoms with Crippen molar-refractivity contribution in [1.82, 2.24) is 16.0 Å². The van der Waals surface area contributed by atoms with Crippen LogP contribution in [0.4, 0.5) is 0 Å². The Kier molecular flexibility index (Phi) is 10.2. The number of carboxylic acid groups (broad SMARTS) is 1. The van der Waals surface area contributed by atoms with E-state index in [0.717, 1.165) is 5.56 Å². The number of phenolic OH excluding ortho intramolecular Hbond substituents is 1. The van der Waals surface area contributed by atoms with Gasteiger partial charge >= 0.3 is 5.97 Å². The third-order valence-electron chi connectivity index (χ3n) is 5.36. The molecule has 0 aliphatic carbocycles. The molecule has 0 saturated heterocycles. The third-order valence-corrected chi connectivity index (χ3v) is 5.36. The number of benzene rings is 2. The molecule has 10 nitrogen and oxygen atoms in total. The number of carbonyl (C=O) groups excluding carboxylic acids is 3. The zero-order chi connectivity index (χ0) is 26.0. The van der Waals surface area contributed by atoms with Crippen molar-refractivity contribution in [2.75, 3.05) is 6.54 Å². The molecule has 0 bridgehead atoms. The molecule has 2 aromatic rings. The Hall–Kier alpha value is -3.92. The monoisotopic (exact) mass is 484 g/mol. The molecule has 3 atom stereocenters. The van der Waals surface area contributed by atoms with E-state index in [0.29, 0.717) is 5.56 Å². The average Bonchev–Trinajstić information content (AvgIpc) is 2.82. The van der Waals surface area contributed by atoms with Crippen LogP contribution in [0.25, 0.3) is 0 Å². The minimum atomic E-state index is -1.25. The van der Waals surface area contributed by atoms with Crippen molar-refractivity contribution in [2.45, 2.75) is 44.8 Å². The number of aliphatic carboxylic acids is 1. The summed E-state index contributed by atoms with van der Waals surface area (Å²) in [5, 5.41) is 26.7. The van der Waals surface area contributed by atoms with E-state index in [1.165, 1.54) is 12.1 Å². The fraction of sp³-hybridized carbons (Fsp3) is 0.360. The minimum absolute atomic E-state index is 0.0106. The third kappa shape index (κ3) is 8.74. The number of phenols is 1. The normalized spacial score (nSPS) is 13.4. The standard InChI is InChI=1S/C25H32N4O6/c1-15(2)22(24(33)28-20(25(34)35)13-17-8-10-18(30)11-9-17)29-23(32)19(27-21(31)14-26)12-16-6-4-3-5-7-16/h3-11,15,19-20,22,30H,12-14,26H2,1-2H3,(H,27,31)(H,28,33)(H,29,32)(H,34,35). The number of hydrogen-bond donors (Lipinski definition) is 6. The highest BCUT2D eigenvalue weighted by molar-refractivity contribution is 5.94. The first-order valence-electron chi connectivity index (χ1n) is 11.3. The highest BCUT2D eigenvalue weighted by atomic mass is 16.4. The summed E-state index contributed by atoms with van der Waals surface area (Å²) in [6, 6.07) is 11.8. The highest BCUT2D eigenvalue weighted by Crippen LogP contribution is 2.12. The largest absolute Gasteiger partial charge is 0.508 e.